The number of fused-ring (bicyclic) bond motifs is 1. The molecule has 0 atom stereocenters. The second-order valence-corrected chi connectivity index (χ2v) is 5.64. The van der Waals surface area contributed by atoms with Crippen LogP contribution in [0.1, 0.15) is 16.2 Å². The number of imidazole rings is 1. The zero-order valence-corrected chi connectivity index (χ0v) is 12.2. The summed E-state index contributed by atoms with van der Waals surface area (Å²) < 4.78 is 2.10. The molecule has 2 heterocycles. The molecule has 0 fully saturated rings. The zero-order chi connectivity index (χ0) is 14.1. The van der Waals surface area contributed by atoms with Gasteiger partial charge < -0.3 is 4.57 Å². The largest absolute Gasteiger partial charge is 0.333 e. The van der Waals surface area contributed by atoms with E-state index >= 15 is 0 Å². The Kier molecular flexibility index (Phi) is 3.78. The van der Waals surface area contributed by atoms with Gasteiger partial charge in [-0.1, -0.05) is 23.2 Å². The number of benzene rings is 1. The van der Waals surface area contributed by atoms with Crippen LogP contribution >= 0.6 is 23.2 Å². The smallest absolute Gasteiger partial charge is 0.178 e. The molecule has 0 bridgehead atoms. The number of halogens is 2. The fourth-order valence-electron chi connectivity index (χ4n) is 2.36. The van der Waals surface area contributed by atoms with Gasteiger partial charge in [0, 0.05) is 36.1 Å². The highest BCUT2D eigenvalue weighted by Crippen LogP contribution is 2.22. The van der Waals surface area contributed by atoms with Crippen molar-refractivity contribution in [1.82, 2.24) is 14.5 Å². The van der Waals surface area contributed by atoms with E-state index in [0.29, 0.717) is 28.7 Å². The van der Waals surface area contributed by atoms with Gasteiger partial charge in [0.15, 0.2) is 5.78 Å². The number of hydrogen-bond donors (Lipinski definition) is 0. The van der Waals surface area contributed by atoms with Crippen molar-refractivity contribution in [2.24, 2.45) is 0 Å². The molecule has 1 aromatic heterocycles. The Morgan fingerprint density at radius 3 is 3.00 bits per heavy atom. The first-order valence-electron chi connectivity index (χ1n) is 6.34. The van der Waals surface area contributed by atoms with Crippen molar-refractivity contribution in [3.05, 3.63) is 52.0 Å². The molecule has 2 aromatic rings. The summed E-state index contributed by atoms with van der Waals surface area (Å²) in [5.74, 6) is 0.971. The van der Waals surface area contributed by atoms with E-state index in [9.17, 15) is 4.79 Å². The highest BCUT2D eigenvalue weighted by molar-refractivity contribution is 6.36. The van der Waals surface area contributed by atoms with Crippen LogP contribution < -0.4 is 0 Å². The molecular formula is C14H13Cl2N3O. The summed E-state index contributed by atoms with van der Waals surface area (Å²) in [6.45, 7) is 2.68. The maximum absolute atomic E-state index is 12.3. The number of hydrogen-bond acceptors (Lipinski definition) is 3. The minimum Gasteiger partial charge on any atom is -0.333 e. The first-order chi connectivity index (χ1) is 9.63. The van der Waals surface area contributed by atoms with Crippen molar-refractivity contribution >= 4 is 29.0 Å². The third kappa shape index (κ3) is 2.73. The summed E-state index contributed by atoms with van der Waals surface area (Å²) >= 11 is 12.0. The molecule has 0 aliphatic carbocycles. The third-order valence-corrected chi connectivity index (χ3v) is 3.98. The average molecular weight is 310 g/mol. The Morgan fingerprint density at radius 2 is 2.15 bits per heavy atom. The van der Waals surface area contributed by atoms with Crippen LogP contribution in [0.5, 0.6) is 0 Å². The fraction of sp³-hybridized carbons (Fsp3) is 0.286. The molecular weight excluding hydrogens is 297 g/mol. The van der Waals surface area contributed by atoms with Gasteiger partial charge in [0.05, 0.1) is 18.1 Å². The van der Waals surface area contributed by atoms with E-state index < -0.39 is 0 Å². The molecule has 1 aliphatic rings. The van der Waals surface area contributed by atoms with Crippen LogP contribution in [0.4, 0.5) is 0 Å². The van der Waals surface area contributed by atoms with Gasteiger partial charge in [0.25, 0.3) is 0 Å². The predicted octanol–water partition coefficient (Wildman–Crippen LogP) is 2.89. The molecule has 1 aromatic carbocycles. The zero-order valence-electron chi connectivity index (χ0n) is 10.7. The second-order valence-electron chi connectivity index (χ2n) is 4.79. The Labute approximate surface area is 126 Å². The number of aromatic nitrogens is 2. The standard InChI is InChI=1S/C14H13Cl2N3O/c15-10-1-2-12(16)11(7-10)13(20)8-18-5-6-19-4-3-17-14(19)9-18/h1-4,7H,5-6,8-9H2. The van der Waals surface area contributed by atoms with Crippen LogP contribution in [-0.2, 0) is 13.1 Å². The quantitative estimate of drug-likeness (QED) is 0.818. The Morgan fingerprint density at radius 1 is 1.30 bits per heavy atom. The van der Waals surface area contributed by atoms with Gasteiger partial charge >= 0.3 is 0 Å². The molecule has 0 spiro atoms. The lowest BCUT2D eigenvalue weighted by Gasteiger charge is -2.26. The molecule has 3 rings (SSSR count). The van der Waals surface area contributed by atoms with Gasteiger partial charge in [-0.05, 0) is 18.2 Å². The molecule has 0 unspecified atom stereocenters. The van der Waals surface area contributed by atoms with E-state index in [0.717, 1.165) is 18.9 Å². The number of nitrogens with zero attached hydrogens (tertiary/aromatic N) is 3. The lowest BCUT2D eigenvalue weighted by Crippen LogP contribution is -2.37. The van der Waals surface area contributed by atoms with Crippen molar-refractivity contribution < 1.29 is 4.79 Å². The van der Waals surface area contributed by atoms with Crippen LogP contribution in [0, 0.1) is 0 Å². The monoisotopic (exact) mass is 309 g/mol. The van der Waals surface area contributed by atoms with Crippen molar-refractivity contribution in [2.75, 3.05) is 13.1 Å². The number of carbonyl (C=O) groups excluding carboxylic acids is 1. The Bertz CT molecular complexity index is 654. The first-order valence-corrected chi connectivity index (χ1v) is 7.10. The van der Waals surface area contributed by atoms with E-state index in [2.05, 4.69) is 14.5 Å². The highest BCUT2D eigenvalue weighted by atomic mass is 35.5. The van der Waals surface area contributed by atoms with Gasteiger partial charge in [0.2, 0.25) is 0 Å². The predicted molar refractivity (Wildman–Crippen MR) is 78.3 cm³/mol. The van der Waals surface area contributed by atoms with Gasteiger partial charge in [-0.2, -0.15) is 0 Å². The second kappa shape index (κ2) is 5.56. The third-order valence-electron chi connectivity index (χ3n) is 3.42. The lowest BCUT2D eigenvalue weighted by molar-refractivity contribution is 0.0908. The molecule has 0 radical (unpaired) electrons. The molecule has 1 aliphatic heterocycles. The van der Waals surface area contributed by atoms with Crippen molar-refractivity contribution in [2.45, 2.75) is 13.1 Å². The lowest BCUT2D eigenvalue weighted by atomic mass is 10.1. The highest BCUT2D eigenvalue weighted by Gasteiger charge is 2.20. The summed E-state index contributed by atoms with van der Waals surface area (Å²) in [6, 6.07) is 4.95. The molecule has 0 saturated heterocycles. The minimum absolute atomic E-state index is 0.0162. The van der Waals surface area contributed by atoms with E-state index in [1.807, 2.05) is 6.20 Å². The summed E-state index contributed by atoms with van der Waals surface area (Å²) in [7, 11) is 0. The van der Waals surface area contributed by atoms with Gasteiger partial charge in [0.1, 0.15) is 5.82 Å². The molecule has 0 saturated carbocycles. The van der Waals surface area contributed by atoms with Gasteiger partial charge in [-0.3, -0.25) is 9.69 Å². The molecule has 104 valence electrons. The maximum atomic E-state index is 12.3. The Hall–Kier alpha value is -1.36. The molecule has 4 nitrogen and oxygen atoms in total. The van der Waals surface area contributed by atoms with Crippen LogP contribution in [0.15, 0.2) is 30.6 Å². The van der Waals surface area contributed by atoms with Crippen LogP contribution in [0.3, 0.4) is 0 Å². The van der Waals surface area contributed by atoms with Crippen molar-refractivity contribution in [3.63, 3.8) is 0 Å². The number of rotatable bonds is 3. The average Bonchev–Trinajstić information content (AvgIpc) is 2.89. The van der Waals surface area contributed by atoms with Crippen LogP contribution in [0.25, 0.3) is 0 Å². The maximum Gasteiger partial charge on any atom is 0.178 e. The van der Waals surface area contributed by atoms with E-state index in [1.54, 1.807) is 24.4 Å². The van der Waals surface area contributed by atoms with Crippen molar-refractivity contribution in [1.29, 1.82) is 0 Å². The number of Topliss-reactive ketones (excluding diaryl/α,β-unsaturated/α-hetero) is 1. The minimum atomic E-state index is -0.0162. The number of carbonyl (C=O) groups is 1. The fourth-order valence-corrected chi connectivity index (χ4v) is 2.75. The Balaban J connectivity index is 1.72. The van der Waals surface area contributed by atoms with Gasteiger partial charge in [-0.15, -0.1) is 0 Å². The van der Waals surface area contributed by atoms with E-state index in [-0.39, 0.29) is 5.78 Å². The topological polar surface area (TPSA) is 38.1 Å². The normalized spacial score (nSPS) is 15.1. The SMILES string of the molecule is O=C(CN1CCn2ccnc2C1)c1cc(Cl)ccc1Cl. The van der Waals surface area contributed by atoms with Crippen LogP contribution in [-0.4, -0.2) is 33.3 Å². The van der Waals surface area contributed by atoms with Crippen molar-refractivity contribution in [3.8, 4) is 0 Å². The summed E-state index contributed by atoms with van der Waals surface area (Å²) in [4.78, 5) is 18.7. The summed E-state index contributed by atoms with van der Waals surface area (Å²) in [6.07, 6.45) is 3.75. The molecule has 0 N–H and O–H groups in total. The van der Waals surface area contributed by atoms with Crippen LogP contribution in [0.2, 0.25) is 10.0 Å². The number of ketones is 1. The van der Waals surface area contributed by atoms with Gasteiger partial charge in [-0.25, -0.2) is 4.98 Å². The van der Waals surface area contributed by atoms with E-state index in [4.69, 9.17) is 23.2 Å². The molecule has 20 heavy (non-hydrogen) atoms. The first kappa shape index (κ1) is 13.6. The molecule has 6 heteroatoms. The summed E-state index contributed by atoms with van der Waals surface area (Å²) in [5.41, 5.74) is 0.480. The summed E-state index contributed by atoms with van der Waals surface area (Å²) in [5, 5.41) is 0.963. The van der Waals surface area contributed by atoms with E-state index in [1.165, 1.54) is 0 Å². The molecule has 0 amide bonds.